The molecule has 1 saturated carbocycles. The quantitative estimate of drug-likeness (QED) is 0.643. The Balaban J connectivity index is 2.27. The first kappa shape index (κ1) is 10.0. The average Bonchev–Trinajstić information content (AvgIpc) is 2.33. The fraction of sp³-hybridized carbons (Fsp3) is 0.778. The largest absolute Gasteiger partial charge is 0.354 e. The van der Waals surface area contributed by atoms with E-state index in [4.69, 9.17) is 0 Å². The maximum absolute atomic E-state index is 10.7. The van der Waals surface area contributed by atoms with E-state index in [0.29, 0.717) is 0 Å². The van der Waals surface area contributed by atoms with Crippen molar-refractivity contribution >= 4 is 11.8 Å². The van der Waals surface area contributed by atoms with E-state index in [1.807, 2.05) is 0 Å². The first-order valence-electron chi connectivity index (χ1n) is 4.62. The molecular weight excluding hydrogens is 168 g/mol. The molecule has 2 amide bonds. The van der Waals surface area contributed by atoms with Crippen molar-refractivity contribution in [3.05, 3.63) is 0 Å². The van der Waals surface area contributed by atoms with Crippen LogP contribution in [0, 0.1) is 0 Å². The number of nitrogens with one attached hydrogen (secondary N) is 2. The standard InChI is InChI=1S/C9H16N2O2/c1-6(12)10-8-3-4-9(5-8)11-7(2)13/h8-9H,3-5H2,1-2H3,(H,10,12)(H,11,13)/t8-,9+. The van der Waals surface area contributed by atoms with Crippen molar-refractivity contribution in [1.29, 1.82) is 0 Å². The molecule has 0 aromatic rings. The molecule has 2 N–H and O–H groups in total. The van der Waals surface area contributed by atoms with E-state index < -0.39 is 0 Å². The molecule has 2 atom stereocenters. The molecule has 1 rings (SSSR count). The second kappa shape index (κ2) is 4.25. The molecule has 0 unspecified atom stereocenters. The Morgan fingerprint density at radius 2 is 1.38 bits per heavy atom. The Morgan fingerprint density at radius 3 is 1.69 bits per heavy atom. The van der Waals surface area contributed by atoms with Gasteiger partial charge in [-0.15, -0.1) is 0 Å². The molecular formula is C9H16N2O2. The lowest BCUT2D eigenvalue weighted by Gasteiger charge is -2.12. The van der Waals surface area contributed by atoms with E-state index in [1.165, 1.54) is 13.8 Å². The summed E-state index contributed by atoms with van der Waals surface area (Å²) in [5.41, 5.74) is 0. The molecule has 0 saturated heterocycles. The number of rotatable bonds is 2. The molecule has 4 nitrogen and oxygen atoms in total. The van der Waals surface area contributed by atoms with Crippen LogP contribution in [0.25, 0.3) is 0 Å². The molecule has 0 spiro atoms. The zero-order valence-electron chi connectivity index (χ0n) is 8.09. The minimum atomic E-state index is 0.00785. The van der Waals surface area contributed by atoms with Gasteiger partial charge in [-0.2, -0.15) is 0 Å². The van der Waals surface area contributed by atoms with Gasteiger partial charge >= 0.3 is 0 Å². The minimum absolute atomic E-state index is 0.00785. The summed E-state index contributed by atoms with van der Waals surface area (Å²) in [6.07, 6.45) is 2.79. The van der Waals surface area contributed by atoms with Crippen LogP contribution in [0.15, 0.2) is 0 Å². The molecule has 0 aliphatic heterocycles. The molecule has 74 valence electrons. The number of carbonyl (C=O) groups is 2. The highest BCUT2D eigenvalue weighted by Gasteiger charge is 2.25. The summed E-state index contributed by atoms with van der Waals surface area (Å²) in [4.78, 5) is 21.5. The van der Waals surface area contributed by atoms with E-state index in [9.17, 15) is 9.59 Å². The second-order valence-corrected chi connectivity index (χ2v) is 3.61. The van der Waals surface area contributed by atoms with Crippen molar-refractivity contribution in [3.63, 3.8) is 0 Å². The van der Waals surface area contributed by atoms with Gasteiger partial charge in [0.2, 0.25) is 11.8 Å². The fourth-order valence-corrected chi connectivity index (χ4v) is 1.82. The maximum atomic E-state index is 10.7. The van der Waals surface area contributed by atoms with Gasteiger partial charge < -0.3 is 10.6 Å². The van der Waals surface area contributed by atoms with Gasteiger partial charge in [0.1, 0.15) is 0 Å². The van der Waals surface area contributed by atoms with Gasteiger partial charge in [-0.05, 0) is 19.3 Å². The van der Waals surface area contributed by atoms with Gasteiger partial charge in [0.05, 0.1) is 0 Å². The van der Waals surface area contributed by atoms with E-state index in [2.05, 4.69) is 10.6 Å². The number of carbonyl (C=O) groups excluding carboxylic acids is 2. The van der Waals surface area contributed by atoms with Crippen LogP contribution < -0.4 is 10.6 Å². The third-order valence-corrected chi connectivity index (χ3v) is 2.25. The highest BCUT2D eigenvalue weighted by molar-refractivity contribution is 5.74. The summed E-state index contributed by atoms with van der Waals surface area (Å²) in [6.45, 7) is 3.04. The molecule has 13 heavy (non-hydrogen) atoms. The van der Waals surface area contributed by atoms with Crippen molar-refractivity contribution < 1.29 is 9.59 Å². The second-order valence-electron chi connectivity index (χ2n) is 3.61. The van der Waals surface area contributed by atoms with E-state index in [-0.39, 0.29) is 23.9 Å². The van der Waals surface area contributed by atoms with Crippen molar-refractivity contribution in [3.8, 4) is 0 Å². The van der Waals surface area contributed by atoms with Gasteiger partial charge in [0, 0.05) is 25.9 Å². The van der Waals surface area contributed by atoms with Crippen molar-refractivity contribution in [2.75, 3.05) is 0 Å². The number of hydrogen-bond acceptors (Lipinski definition) is 2. The van der Waals surface area contributed by atoms with Gasteiger partial charge in [-0.1, -0.05) is 0 Å². The maximum Gasteiger partial charge on any atom is 0.217 e. The first-order chi connectivity index (χ1) is 6.08. The lowest BCUT2D eigenvalue weighted by molar-refractivity contribution is -0.120. The van der Waals surface area contributed by atoms with Crippen LogP contribution in [0.1, 0.15) is 33.1 Å². The zero-order valence-corrected chi connectivity index (χ0v) is 8.09. The molecule has 0 aromatic carbocycles. The summed E-state index contributed by atoms with van der Waals surface area (Å²) in [5.74, 6) is 0.0157. The zero-order chi connectivity index (χ0) is 9.84. The van der Waals surface area contributed by atoms with E-state index in [0.717, 1.165) is 19.3 Å². The Kier molecular flexibility index (Phi) is 3.28. The SMILES string of the molecule is CC(=O)N[C@@H]1CC[C@H](NC(C)=O)C1. The average molecular weight is 184 g/mol. The molecule has 1 aliphatic rings. The van der Waals surface area contributed by atoms with Crippen LogP contribution in [0.5, 0.6) is 0 Å². The van der Waals surface area contributed by atoms with Gasteiger partial charge in [0.15, 0.2) is 0 Å². The van der Waals surface area contributed by atoms with Crippen LogP contribution in [0.3, 0.4) is 0 Å². The normalized spacial score (nSPS) is 26.9. The lowest BCUT2D eigenvalue weighted by Crippen LogP contribution is -2.35. The minimum Gasteiger partial charge on any atom is -0.354 e. The lowest BCUT2D eigenvalue weighted by atomic mass is 10.2. The van der Waals surface area contributed by atoms with Crippen molar-refractivity contribution in [2.45, 2.75) is 45.2 Å². The summed E-state index contributed by atoms with van der Waals surface area (Å²) in [7, 11) is 0. The molecule has 4 heteroatoms. The number of amides is 2. The molecule has 0 radical (unpaired) electrons. The Morgan fingerprint density at radius 1 is 1.00 bits per heavy atom. The van der Waals surface area contributed by atoms with Crippen LogP contribution in [-0.2, 0) is 9.59 Å². The van der Waals surface area contributed by atoms with Gasteiger partial charge in [-0.3, -0.25) is 9.59 Å². The van der Waals surface area contributed by atoms with Crippen molar-refractivity contribution in [1.82, 2.24) is 10.6 Å². The smallest absolute Gasteiger partial charge is 0.217 e. The van der Waals surface area contributed by atoms with E-state index >= 15 is 0 Å². The first-order valence-corrected chi connectivity index (χ1v) is 4.62. The van der Waals surface area contributed by atoms with E-state index in [1.54, 1.807) is 0 Å². The molecule has 0 aromatic heterocycles. The fourth-order valence-electron chi connectivity index (χ4n) is 1.82. The summed E-state index contributed by atoms with van der Waals surface area (Å²) >= 11 is 0. The third kappa shape index (κ3) is 3.44. The highest BCUT2D eigenvalue weighted by atomic mass is 16.2. The van der Waals surface area contributed by atoms with Crippen LogP contribution in [0.2, 0.25) is 0 Å². The Labute approximate surface area is 78.1 Å². The topological polar surface area (TPSA) is 58.2 Å². The Hall–Kier alpha value is -1.06. The highest BCUT2D eigenvalue weighted by Crippen LogP contribution is 2.18. The molecule has 0 bridgehead atoms. The predicted octanol–water partition coefficient (Wildman–Crippen LogP) is 0.180. The summed E-state index contributed by atoms with van der Waals surface area (Å²) in [5, 5.41) is 5.71. The third-order valence-electron chi connectivity index (χ3n) is 2.25. The molecule has 0 heterocycles. The van der Waals surface area contributed by atoms with Crippen LogP contribution in [-0.4, -0.2) is 23.9 Å². The monoisotopic (exact) mass is 184 g/mol. The van der Waals surface area contributed by atoms with Crippen LogP contribution in [0.4, 0.5) is 0 Å². The van der Waals surface area contributed by atoms with Crippen LogP contribution >= 0.6 is 0 Å². The number of hydrogen-bond donors (Lipinski definition) is 2. The van der Waals surface area contributed by atoms with Crippen molar-refractivity contribution in [2.24, 2.45) is 0 Å². The predicted molar refractivity (Wildman–Crippen MR) is 49.1 cm³/mol. The summed E-state index contributed by atoms with van der Waals surface area (Å²) in [6, 6.07) is 0.490. The van der Waals surface area contributed by atoms with Gasteiger partial charge in [0.25, 0.3) is 0 Å². The van der Waals surface area contributed by atoms with Gasteiger partial charge in [-0.25, -0.2) is 0 Å². The Bertz CT molecular complexity index is 194. The molecule has 1 aliphatic carbocycles. The molecule has 1 fully saturated rings. The summed E-state index contributed by atoms with van der Waals surface area (Å²) < 4.78 is 0.